The first-order valence-corrected chi connectivity index (χ1v) is 9.08. The van der Waals surface area contributed by atoms with Crippen molar-refractivity contribution in [1.82, 2.24) is 19.6 Å². The lowest BCUT2D eigenvalue weighted by Crippen LogP contribution is -1.91. The molecule has 24 heavy (non-hydrogen) atoms. The number of nitrogens with one attached hydrogen (secondary N) is 2. The Labute approximate surface area is 145 Å². The summed E-state index contributed by atoms with van der Waals surface area (Å²) < 4.78 is 5.76. The Bertz CT molecular complexity index is 1140. The van der Waals surface area contributed by atoms with Gasteiger partial charge in [-0.3, -0.25) is 10.1 Å². The SMILES string of the molecule is c1cnc2c(Nc3ccc4c(-c5ccsc5)nsc4c3)n[nH]c2c1. The fourth-order valence-electron chi connectivity index (χ4n) is 2.70. The van der Waals surface area contributed by atoms with E-state index in [2.05, 4.69) is 59.9 Å². The highest BCUT2D eigenvalue weighted by molar-refractivity contribution is 7.13. The average Bonchev–Trinajstić information content (AvgIpc) is 3.34. The second kappa shape index (κ2) is 5.40. The molecule has 0 radical (unpaired) electrons. The van der Waals surface area contributed by atoms with E-state index in [-0.39, 0.29) is 0 Å². The zero-order chi connectivity index (χ0) is 15.9. The van der Waals surface area contributed by atoms with Crippen LogP contribution in [0.15, 0.2) is 53.4 Å². The smallest absolute Gasteiger partial charge is 0.178 e. The van der Waals surface area contributed by atoms with Crippen LogP contribution in [-0.4, -0.2) is 19.6 Å². The van der Waals surface area contributed by atoms with Crippen molar-refractivity contribution in [2.75, 3.05) is 5.32 Å². The first-order chi connectivity index (χ1) is 11.9. The van der Waals surface area contributed by atoms with E-state index in [9.17, 15) is 0 Å². The van der Waals surface area contributed by atoms with Crippen molar-refractivity contribution >= 4 is 55.5 Å². The molecule has 5 aromatic rings. The number of anilines is 2. The number of hydrogen-bond acceptors (Lipinski definition) is 6. The van der Waals surface area contributed by atoms with Gasteiger partial charge in [-0.25, -0.2) is 0 Å². The van der Waals surface area contributed by atoms with Crippen LogP contribution in [0.3, 0.4) is 0 Å². The van der Waals surface area contributed by atoms with E-state index in [0.717, 1.165) is 32.9 Å². The van der Waals surface area contributed by atoms with Crippen molar-refractivity contribution in [2.24, 2.45) is 0 Å². The molecular formula is C17H11N5S2. The zero-order valence-electron chi connectivity index (χ0n) is 12.4. The van der Waals surface area contributed by atoms with E-state index < -0.39 is 0 Å². The lowest BCUT2D eigenvalue weighted by Gasteiger charge is -2.03. The Morgan fingerprint density at radius 1 is 1.12 bits per heavy atom. The van der Waals surface area contributed by atoms with Crippen molar-refractivity contribution in [1.29, 1.82) is 0 Å². The minimum Gasteiger partial charge on any atom is -0.337 e. The summed E-state index contributed by atoms with van der Waals surface area (Å²) in [4.78, 5) is 4.37. The number of benzene rings is 1. The fraction of sp³-hybridized carbons (Fsp3) is 0. The van der Waals surface area contributed by atoms with Crippen LogP contribution >= 0.6 is 22.9 Å². The summed E-state index contributed by atoms with van der Waals surface area (Å²) in [6.07, 6.45) is 1.77. The molecule has 0 amide bonds. The maximum absolute atomic E-state index is 4.61. The quantitative estimate of drug-likeness (QED) is 0.479. The van der Waals surface area contributed by atoms with Crippen LogP contribution in [0.2, 0.25) is 0 Å². The van der Waals surface area contributed by atoms with Gasteiger partial charge in [-0.15, -0.1) is 0 Å². The van der Waals surface area contributed by atoms with Gasteiger partial charge >= 0.3 is 0 Å². The summed E-state index contributed by atoms with van der Waals surface area (Å²) >= 11 is 3.20. The topological polar surface area (TPSA) is 66.5 Å². The second-order valence-electron chi connectivity index (χ2n) is 5.35. The molecular weight excluding hydrogens is 338 g/mol. The standard InChI is InChI=1S/C17H11N5S2/c1-2-13-16(18-6-1)17(21-20-13)19-11-3-4-12-14(8-11)24-22-15(12)10-5-7-23-9-10/h1-9H,(H2,19,20,21). The average molecular weight is 349 g/mol. The highest BCUT2D eigenvalue weighted by atomic mass is 32.1. The van der Waals surface area contributed by atoms with E-state index in [4.69, 9.17) is 0 Å². The fourth-order valence-corrected chi connectivity index (χ4v) is 4.18. The monoisotopic (exact) mass is 349 g/mol. The Balaban J connectivity index is 1.54. The Morgan fingerprint density at radius 3 is 3.04 bits per heavy atom. The third kappa shape index (κ3) is 2.17. The Morgan fingerprint density at radius 2 is 2.12 bits per heavy atom. The normalized spacial score (nSPS) is 11.3. The molecule has 7 heteroatoms. The van der Waals surface area contributed by atoms with Gasteiger partial charge in [0, 0.05) is 28.2 Å². The largest absolute Gasteiger partial charge is 0.337 e. The molecule has 116 valence electrons. The molecule has 5 nitrogen and oxygen atoms in total. The zero-order valence-corrected chi connectivity index (χ0v) is 14.0. The van der Waals surface area contributed by atoms with Gasteiger partial charge in [-0.2, -0.15) is 20.8 Å². The van der Waals surface area contributed by atoms with Crippen LogP contribution < -0.4 is 5.32 Å². The van der Waals surface area contributed by atoms with Gasteiger partial charge in [0.15, 0.2) is 5.82 Å². The number of aromatic amines is 1. The molecule has 0 spiro atoms. The van der Waals surface area contributed by atoms with Crippen molar-refractivity contribution in [3.05, 3.63) is 53.4 Å². The maximum atomic E-state index is 4.61. The van der Waals surface area contributed by atoms with E-state index in [1.807, 2.05) is 12.1 Å². The summed E-state index contributed by atoms with van der Waals surface area (Å²) in [5, 5.41) is 16.0. The molecule has 0 fully saturated rings. The van der Waals surface area contributed by atoms with E-state index >= 15 is 0 Å². The van der Waals surface area contributed by atoms with Crippen LogP contribution in [0.4, 0.5) is 11.5 Å². The van der Waals surface area contributed by atoms with Crippen LogP contribution in [0.5, 0.6) is 0 Å². The van der Waals surface area contributed by atoms with Crippen molar-refractivity contribution in [3.8, 4) is 11.3 Å². The van der Waals surface area contributed by atoms with Crippen molar-refractivity contribution in [2.45, 2.75) is 0 Å². The molecule has 2 N–H and O–H groups in total. The van der Waals surface area contributed by atoms with E-state index in [0.29, 0.717) is 0 Å². The maximum Gasteiger partial charge on any atom is 0.178 e. The van der Waals surface area contributed by atoms with Gasteiger partial charge in [0.2, 0.25) is 0 Å². The molecule has 0 unspecified atom stereocenters. The molecule has 0 bridgehead atoms. The minimum atomic E-state index is 0.729. The van der Waals surface area contributed by atoms with E-state index in [1.165, 1.54) is 22.5 Å². The number of nitrogens with zero attached hydrogens (tertiary/aromatic N) is 3. The number of aromatic nitrogens is 4. The van der Waals surface area contributed by atoms with Crippen LogP contribution in [-0.2, 0) is 0 Å². The first-order valence-electron chi connectivity index (χ1n) is 7.36. The summed E-state index contributed by atoms with van der Waals surface area (Å²) in [6.45, 7) is 0. The number of rotatable bonds is 3. The molecule has 0 atom stereocenters. The molecule has 0 saturated heterocycles. The second-order valence-corrected chi connectivity index (χ2v) is 6.94. The summed E-state index contributed by atoms with van der Waals surface area (Å²) in [7, 11) is 0. The van der Waals surface area contributed by atoms with E-state index in [1.54, 1.807) is 17.5 Å². The molecule has 4 heterocycles. The summed E-state index contributed by atoms with van der Waals surface area (Å²) in [5.74, 6) is 0.729. The number of thiophene rings is 1. The molecule has 5 rings (SSSR count). The van der Waals surface area contributed by atoms with Crippen LogP contribution in [0.1, 0.15) is 0 Å². The molecule has 0 aliphatic heterocycles. The molecule has 4 aromatic heterocycles. The van der Waals surface area contributed by atoms with Crippen molar-refractivity contribution < 1.29 is 0 Å². The molecule has 0 aliphatic rings. The van der Waals surface area contributed by atoms with Gasteiger partial charge < -0.3 is 5.32 Å². The number of fused-ring (bicyclic) bond motifs is 2. The highest BCUT2D eigenvalue weighted by Crippen LogP contribution is 2.34. The van der Waals surface area contributed by atoms with Gasteiger partial charge in [0.1, 0.15) is 5.52 Å². The number of hydrogen-bond donors (Lipinski definition) is 2. The summed E-state index contributed by atoms with van der Waals surface area (Å²) in [6, 6.07) is 12.2. The van der Waals surface area contributed by atoms with Gasteiger partial charge in [0.05, 0.1) is 15.9 Å². The third-order valence-corrected chi connectivity index (χ3v) is 5.34. The number of H-pyrrole nitrogens is 1. The van der Waals surface area contributed by atoms with Crippen LogP contribution in [0, 0.1) is 0 Å². The Hall–Kier alpha value is -2.77. The Kier molecular flexibility index (Phi) is 3.07. The minimum absolute atomic E-state index is 0.729. The van der Waals surface area contributed by atoms with Gasteiger partial charge in [0.25, 0.3) is 0 Å². The molecule has 0 saturated carbocycles. The lowest BCUT2D eigenvalue weighted by molar-refractivity contribution is 1.12. The van der Waals surface area contributed by atoms with Crippen molar-refractivity contribution in [3.63, 3.8) is 0 Å². The molecule has 1 aromatic carbocycles. The lowest BCUT2D eigenvalue weighted by atomic mass is 10.1. The van der Waals surface area contributed by atoms with Gasteiger partial charge in [-0.05, 0) is 53.3 Å². The molecule has 0 aliphatic carbocycles. The predicted molar refractivity (Wildman–Crippen MR) is 100 cm³/mol. The van der Waals surface area contributed by atoms with Gasteiger partial charge in [-0.1, -0.05) is 0 Å². The number of pyridine rings is 1. The highest BCUT2D eigenvalue weighted by Gasteiger charge is 2.11. The van der Waals surface area contributed by atoms with Crippen LogP contribution in [0.25, 0.3) is 32.4 Å². The third-order valence-electron chi connectivity index (χ3n) is 3.85. The first kappa shape index (κ1) is 13.6. The summed E-state index contributed by atoms with van der Waals surface area (Å²) in [5.41, 5.74) is 4.95. The predicted octanol–water partition coefficient (Wildman–Crippen LogP) is 5.04.